The summed E-state index contributed by atoms with van der Waals surface area (Å²) in [7, 11) is 0. The smallest absolute Gasteiger partial charge is 0.256 e. The SMILES string of the molecule is CCCc1ccc(NC(=O)c2ccc(Br)cc2S)cc1. The molecular formula is C16H16BrNOS. The van der Waals surface area contributed by atoms with Gasteiger partial charge in [-0.2, -0.15) is 0 Å². The molecule has 2 rings (SSSR count). The van der Waals surface area contributed by atoms with Gasteiger partial charge in [-0.1, -0.05) is 41.4 Å². The monoisotopic (exact) mass is 349 g/mol. The number of hydrogen-bond donors (Lipinski definition) is 2. The average molecular weight is 350 g/mol. The van der Waals surface area contributed by atoms with Crippen LogP contribution in [0.1, 0.15) is 29.3 Å². The Bertz CT molecular complexity index is 610. The molecule has 2 nitrogen and oxygen atoms in total. The summed E-state index contributed by atoms with van der Waals surface area (Å²) >= 11 is 7.68. The summed E-state index contributed by atoms with van der Waals surface area (Å²) in [5.74, 6) is -0.147. The van der Waals surface area contributed by atoms with Crippen LogP contribution in [-0.2, 0) is 6.42 Å². The second kappa shape index (κ2) is 6.95. The lowest BCUT2D eigenvalue weighted by atomic mass is 10.1. The molecule has 0 aliphatic carbocycles. The van der Waals surface area contributed by atoms with Crippen LogP contribution in [0.5, 0.6) is 0 Å². The van der Waals surface area contributed by atoms with Crippen molar-refractivity contribution >= 4 is 40.2 Å². The molecule has 0 unspecified atom stereocenters. The largest absolute Gasteiger partial charge is 0.322 e. The normalized spacial score (nSPS) is 10.3. The van der Waals surface area contributed by atoms with Gasteiger partial charge in [0.25, 0.3) is 5.91 Å². The number of carbonyl (C=O) groups excluding carboxylic acids is 1. The molecule has 0 aliphatic rings. The number of halogens is 1. The summed E-state index contributed by atoms with van der Waals surface area (Å²) in [5, 5.41) is 2.88. The maximum Gasteiger partial charge on any atom is 0.256 e. The Balaban J connectivity index is 2.11. The Kier molecular flexibility index (Phi) is 5.26. The third kappa shape index (κ3) is 3.87. The Morgan fingerprint density at radius 3 is 2.50 bits per heavy atom. The summed E-state index contributed by atoms with van der Waals surface area (Å²) in [6.07, 6.45) is 2.18. The molecule has 0 spiro atoms. The zero-order valence-corrected chi connectivity index (χ0v) is 13.7. The van der Waals surface area contributed by atoms with Crippen LogP contribution in [0, 0.1) is 0 Å². The van der Waals surface area contributed by atoms with Gasteiger partial charge in [-0.25, -0.2) is 0 Å². The molecule has 20 heavy (non-hydrogen) atoms. The zero-order valence-electron chi connectivity index (χ0n) is 11.2. The minimum absolute atomic E-state index is 0.147. The van der Waals surface area contributed by atoms with Gasteiger partial charge in [0.15, 0.2) is 0 Å². The first-order valence-corrected chi connectivity index (χ1v) is 7.73. The third-order valence-corrected chi connectivity index (χ3v) is 3.82. The van der Waals surface area contributed by atoms with Crippen LogP contribution >= 0.6 is 28.6 Å². The molecule has 0 aromatic heterocycles. The van der Waals surface area contributed by atoms with E-state index >= 15 is 0 Å². The predicted octanol–water partition coefficient (Wildman–Crippen LogP) is 4.94. The number of rotatable bonds is 4. The Hall–Kier alpha value is -1.26. The average Bonchev–Trinajstić information content (AvgIpc) is 2.41. The number of thiol groups is 1. The second-order valence-electron chi connectivity index (χ2n) is 4.56. The van der Waals surface area contributed by atoms with Crippen LogP contribution in [0.25, 0.3) is 0 Å². The fraction of sp³-hybridized carbons (Fsp3) is 0.188. The maximum absolute atomic E-state index is 12.2. The van der Waals surface area contributed by atoms with Gasteiger partial charge in [0.2, 0.25) is 0 Å². The van der Waals surface area contributed by atoms with Crippen LogP contribution in [0.2, 0.25) is 0 Å². The van der Waals surface area contributed by atoms with Crippen molar-refractivity contribution in [3.8, 4) is 0 Å². The van der Waals surface area contributed by atoms with Crippen molar-refractivity contribution < 1.29 is 4.79 Å². The molecule has 0 radical (unpaired) electrons. The Labute approximate surface area is 133 Å². The van der Waals surface area contributed by atoms with E-state index in [4.69, 9.17) is 0 Å². The van der Waals surface area contributed by atoms with Gasteiger partial charge in [-0.15, -0.1) is 12.6 Å². The van der Waals surface area contributed by atoms with Crippen LogP contribution in [0.15, 0.2) is 51.8 Å². The fourth-order valence-corrected chi connectivity index (χ4v) is 2.79. The third-order valence-electron chi connectivity index (χ3n) is 2.95. The van der Waals surface area contributed by atoms with Crippen LogP contribution in [0.4, 0.5) is 5.69 Å². The topological polar surface area (TPSA) is 29.1 Å². The van der Waals surface area contributed by atoms with Crippen molar-refractivity contribution in [2.75, 3.05) is 5.32 Å². The summed E-state index contributed by atoms with van der Waals surface area (Å²) < 4.78 is 0.906. The van der Waals surface area contributed by atoms with E-state index in [0.29, 0.717) is 10.5 Å². The lowest BCUT2D eigenvalue weighted by Gasteiger charge is -2.08. The molecule has 2 aromatic carbocycles. The van der Waals surface area contributed by atoms with Gasteiger partial charge < -0.3 is 5.32 Å². The highest BCUT2D eigenvalue weighted by Crippen LogP contribution is 2.21. The Morgan fingerprint density at radius 2 is 1.90 bits per heavy atom. The van der Waals surface area contributed by atoms with Crippen molar-refractivity contribution in [2.45, 2.75) is 24.7 Å². The summed E-state index contributed by atoms with van der Waals surface area (Å²) in [5.41, 5.74) is 2.64. The van der Waals surface area contributed by atoms with Crippen LogP contribution in [0.3, 0.4) is 0 Å². The van der Waals surface area contributed by atoms with E-state index in [1.54, 1.807) is 6.07 Å². The first-order chi connectivity index (χ1) is 9.60. The van der Waals surface area contributed by atoms with E-state index in [2.05, 4.69) is 40.8 Å². The number of benzene rings is 2. The van der Waals surface area contributed by atoms with Crippen molar-refractivity contribution in [1.82, 2.24) is 0 Å². The van der Waals surface area contributed by atoms with Gasteiger partial charge in [0.05, 0.1) is 5.56 Å². The number of nitrogens with one attached hydrogen (secondary N) is 1. The predicted molar refractivity (Wildman–Crippen MR) is 89.8 cm³/mol. The molecule has 0 saturated heterocycles. The highest BCUT2D eigenvalue weighted by molar-refractivity contribution is 9.10. The van der Waals surface area contributed by atoms with E-state index in [0.717, 1.165) is 23.0 Å². The van der Waals surface area contributed by atoms with Crippen molar-refractivity contribution in [2.24, 2.45) is 0 Å². The van der Waals surface area contributed by atoms with E-state index < -0.39 is 0 Å². The first-order valence-electron chi connectivity index (χ1n) is 6.49. The summed E-state index contributed by atoms with van der Waals surface area (Å²) in [6, 6.07) is 13.3. The van der Waals surface area contributed by atoms with Crippen molar-refractivity contribution in [1.29, 1.82) is 0 Å². The van der Waals surface area contributed by atoms with Gasteiger partial charge in [-0.3, -0.25) is 4.79 Å². The molecule has 1 N–H and O–H groups in total. The Morgan fingerprint density at radius 1 is 1.20 bits per heavy atom. The molecule has 1 amide bonds. The summed E-state index contributed by atoms with van der Waals surface area (Å²) in [4.78, 5) is 12.8. The number of carbonyl (C=O) groups is 1. The highest BCUT2D eigenvalue weighted by atomic mass is 79.9. The summed E-state index contributed by atoms with van der Waals surface area (Å²) in [6.45, 7) is 2.15. The number of hydrogen-bond acceptors (Lipinski definition) is 2. The van der Waals surface area contributed by atoms with Gasteiger partial charge in [0.1, 0.15) is 0 Å². The standard InChI is InChI=1S/C16H16BrNOS/c1-2-3-11-4-7-13(8-5-11)18-16(19)14-9-6-12(17)10-15(14)20/h4-10,20H,2-3H2,1H3,(H,18,19). The van der Waals surface area contributed by atoms with E-state index in [1.165, 1.54) is 5.56 Å². The molecule has 0 saturated carbocycles. The number of aryl methyl sites for hydroxylation is 1. The molecule has 0 fully saturated rings. The highest BCUT2D eigenvalue weighted by Gasteiger charge is 2.10. The van der Waals surface area contributed by atoms with Crippen molar-refractivity contribution in [3.63, 3.8) is 0 Å². The van der Waals surface area contributed by atoms with Crippen LogP contribution in [-0.4, -0.2) is 5.91 Å². The molecular weight excluding hydrogens is 334 g/mol. The van der Waals surface area contributed by atoms with Gasteiger partial charge in [-0.05, 0) is 42.3 Å². The molecule has 2 aromatic rings. The number of anilines is 1. The molecule has 104 valence electrons. The minimum Gasteiger partial charge on any atom is -0.322 e. The van der Waals surface area contributed by atoms with E-state index in [-0.39, 0.29) is 5.91 Å². The molecule has 4 heteroatoms. The van der Waals surface area contributed by atoms with E-state index in [9.17, 15) is 4.79 Å². The fourth-order valence-electron chi connectivity index (χ4n) is 1.94. The molecule has 0 aliphatic heterocycles. The molecule has 0 heterocycles. The number of amides is 1. The second-order valence-corrected chi connectivity index (χ2v) is 5.96. The van der Waals surface area contributed by atoms with Crippen LogP contribution < -0.4 is 5.32 Å². The lowest BCUT2D eigenvalue weighted by Crippen LogP contribution is -2.12. The van der Waals surface area contributed by atoms with E-state index in [1.807, 2.05) is 36.4 Å². The lowest BCUT2D eigenvalue weighted by molar-refractivity contribution is 0.102. The first kappa shape index (κ1) is 15.1. The van der Waals surface area contributed by atoms with Gasteiger partial charge in [0, 0.05) is 15.1 Å². The maximum atomic E-state index is 12.2. The molecule has 0 atom stereocenters. The van der Waals surface area contributed by atoms with Gasteiger partial charge >= 0.3 is 0 Å². The molecule has 0 bridgehead atoms. The quantitative estimate of drug-likeness (QED) is 0.751. The minimum atomic E-state index is -0.147. The zero-order chi connectivity index (χ0) is 14.5. The van der Waals surface area contributed by atoms with Crippen molar-refractivity contribution in [3.05, 3.63) is 58.1 Å².